The quantitative estimate of drug-likeness (QED) is 0.731. The topological polar surface area (TPSA) is 63.2 Å². The molecule has 2 heterocycles. The van der Waals surface area contributed by atoms with Gasteiger partial charge in [-0.25, -0.2) is 4.98 Å². The second-order valence-corrected chi connectivity index (χ2v) is 7.13. The summed E-state index contributed by atoms with van der Waals surface area (Å²) in [5.41, 5.74) is 1.90. The van der Waals surface area contributed by atoms with E-state index < -0.39 is 0 Å². The van der Waals surface area contributed by atoms with Gasteiger partial charge in [-0.1, -0.05) is 0 Å². The van der Waals surface area contributed by atoms with Crippen molar-refractivity contribution in [1.82, 2.24) is 10.3 Å². The minimum absolute atomic E-state index is 0. The first-order chi connectivity index (χ1) is 12.2. The zero-order valence-electron chi connectivity index (χ0n) is 15.0. The van der Waals surface area contributed by atoms with Gasteiger partial charge in [0, 0.05) is 17.4 Å². The summed E-state index contributed by atoms with van der Waals surface area (Å²) >= 11 is 1.46. The Labute approximate surface area is 165 Å². The number of halogens is 1. The molecule has 0 aliphatic carbocycles. The van der Waals surface area contributed by atoms with Crippen molar-refractivity contribution >= 4 is 34.8 Å². The average molecular weight is 396 g/mol. The summed E-state index contributed by atoms with van der Waals surface area (Å²) in [5.74, 6) is 1.58. The number of amides is 1. The summed E-state index contributed by atoms with van der Waals surface area (Å²) in [7, 11) is 0. The highest BCUT2D eigenvalue weighted by atomic mass is 35.5. The third kappa shape index (κ3) is 5.97. The maximum absolute atomic E-state index is 12.1. The van der Waals surface area contributed by atoms with Crippen molar-refractivity contribution in [2.45, 2.75) is 32.6 Å². The van der Waals surface area contributed by atoms with Crippen molar-refractivity contribution in [3.05, 3.63) is 29.6 Å². The number of nitrogens with zero attached hydrogens (tertiary/aromatic N) is 1. The van der Waals surface area contributed by atoms with Gasteiger partial charge in [0.1, 0.15) is 5.75 Å². The van der Waals surface area contributed by atoms with Crippen LogP contribution in [0.25, 0.3) is 11.3 Å². The molecule has 1 saturated heterocycles. The van der Waals surface area contributed by atoms with Gasteiger partial charge in [-0.3, -0.25) is 4.79 Å². The smallest absolute Gasteiger partial charge is 0.226 e. The number of anilines is 1. The zero-order chi connectivity index (χ0) is 17.5. The Hall–Kier alpha value is -1.63. The first-order valence-corrected chi connectivity index (χ1v) is 9.82. The molecule has 0 saturated carbocycles. The molecule has 0 radical (unpaired) electrons. The van der Waals surface area contributed by atoms with Crippen LogP contribution >= 0.6 is 23.7 Å². The number of rotatable bonds is 7. The lowest BCUT2D eigenvalue weighted by Gasteiger charge is -2.21. The number of benzene rings is 1. The van der Waals surface area contributed by atoms with Gasteiger partial charge in [-0.15, -0.1) is 23.7 Å². The van der Waals surface area contributed by atoms with E-state index in [2.05, 4.69) is 15.6 Å². The molecule has 0 unspecified atom stereocenters. The van der Waals surface area contributed by atoms with Crippen molar-refractivity contribution in [3.8, 4) is 17.0 Å². The van der Waals surface area contributed by atoms with Gasteiger partial charge in [0.15, 0.2) is 5.13 Å². The van der Waals surface area contributed by atoms with Gasteiger partial charge in [-0.05, 0) is 69.5 Å². The number of thiazole rings is 1. The third-order valence-electron chi connectivity index (χ3n) is 4.45. The highest BCUT2D eigenvalue weighted by Gasteiger charge is 2.15. The predicted molar refractivity (Wildman–Crippen MR) is 109 cm³/mol. The molecule has 1 fully saturated rings. The number of ether oxygens (including phenoxy) is 1. The molecule has 1 aliphatic rings. The number of aromatic nitrogens is 1. The first kappa shape index (κ1) is 20.7. The van der Waals surface area contributed by atoms with Gasteiger partial charge in [0.25, 0.3) is 0 Å². The molecule has 2 N–H and O–H groups in total. The van der Waals surface area contributed by atoms with Crippen LogP contribution in [0, 0.1) is 5.92 Å². The van der Waals surface area contributed by atoms with Crippen molar-refractivity contribution < 1.29 is 9.53 Å². The molecule has 1 aliphatic heterocycles. The van der Waals surface area contributed by atoms with E-state index in [-0.39, 0.29) is 18.3 Å². The highest BCUT2D eigenvalue weighted by Crippen LogP contribution is 2.27. The molecule has 1 aromatic heterocycles. The molecule has 7 heteroatoms. The molecule has 0 atom stereocenters. The van der Waals surface area contributed by atoms with Crippen LogP contribution in [0.2, 0.25) is 0 Å². The van der Waals surface area contributed by atoms with Crippen molar-refractivity contribution in [2.75, 3.05) is 25.0 Å². The second-order valence-electron chi connectivity index (χ2n) is 6.28. The average Bonchev–Trinajstić information content (AvgIpc) is 3.10. The Bertz CT molecular complexity index is 684. The number of hydrogen-bond acceptors (Lipinski definition) is 5. The maximum atomic E-state index is 12.1. The number of nitrogens with one attached hydrogen (secondary N) is 2. The lowest BCUT2D eigenvalue weighted by atomic mass is 9.93. The molecule has 1 aromatic carbocycles. The third-order valence-corrected chi connectivity index (χ3v) is 5.21. The molecule has 2 aromatic rings. The van der Waals surface area contributed by atoms with Crippen LogP contribution in [-0.2, 0) is 4.79 Å². The van der Waals surface area contributed by atoms with Crippen molar-refractivity contribution in [3.63, 3.8) is 0 Å². The molecule has 3 rings (SSSR count). The Morgan fingerprint density at radius 1 is 1.31 bits per heavy atom. The summed E-state index contributed by atoms with van der Waals surface area (Å²) in [6.07, 6.45) is 3.88. The Balaban J connectivity index is 0.00000243. The largest absolute Gasteiger partial charge is 0.494 e. The molecular formula is C19H26ClN3O2S. The molecule has 0 bridgehead atoms. The summed E-state index contributed by atoms with van der Waals surface area (Å²) in [6.45, 7) is 4.77. The normalized spacial score (nSPS) is 14.5. The maximum Gasteiger partial charge on any atom is 0.226 e. The van der Waals surface area contributed by atoms with E-state index in [1.165, 1.54) is 24.2 Å². The van der Waals surface area contributed by atoms with Crippen molar-refractivity contribution in [2.24, 2.45) is 5.92 Å². The lowest BCUT2D eigenvalue weighted by Crippen LogP contribution is -2.28. The number of piperidine rings is 1. The standard InChI is InChI=1S/C19H25N3O2S.ClH/c1-2-24-16-6-4-15(5-7-16)17-13-25-19(21-17)22-18(23)8-3-14-9-11-20-12-10-14;/h4-7,13-14,20H,2-3,8-12H2,1H3,(H,21,22,23);1H. The van der Waals surface area contributed by atoms with Crippen LogP contribution in [-0.4, -0.2) is 30.6 Å². The van der Waals surface area contributed by atoms with E-state index in [0.29, 0.717) is 24.1 Å². The molecule has 0 spiro atoms. The van der Waals surface area contributed by atoms with E-state index in [1.807, 2.05) is 36.6 Å². The van der Waals surface area contributed by atoms with Crippen LogP contribution in [0.3, 0.4) is 0 Å². The molecular weight excluding hydrogens is 370 g/mol. The number of carbonyl (C=O) groups is 1. The van der Waals surface area contributed by atoms with Crippen LogP contribution in [0.4, 0.5) is 5.13 Å². The molecule has 1 amide bonds. The van der Waals surface area contributed by atoms with E-state index in [0.717, 1.165) is 36.5 Å². The van der Waals surface area contributed by atoms with Crippen LogP contribution < -0.4 is 15.4 Å². The Kier molecular flexibility index (Phi) is 8.35. The number of carbonyl (C=O) groups excluding carboxylic acids is 1. The fourth-order valence-corrected chi connectivity index (χ4v) is 3.78. The summed E-state index contributed by atoms with van der Waals surface area (Å²) in [6, 6.07) is 7.86. The van der Waals surface area contributed by atoms with Crippen LogP contribution in [0.1, 0.15) is 32.6 Å². The Morgan fingerprint density at radius 3 is 2.73 bits per heavy atom. The zero-order valence-corrected chi connectivity index (χ0v) is 16.6. The summed E-state index contributed by atoms with van der Waals surface area (Å²) < 4.78 is 5.45. The van der Waals surface area contributed by atoms with E-state index in [9.17, 15) is 4.79 Å². The Morgan fingerprint density at radius 2 is 2.04 bits per heavy atom. The highest BCUT2D eigenvalue weighted by molar-refractivity contribution is 7.14. The lowest BCUT2D eigenvalue weighted by molar-refractivity contribution is -0.116. The van der Waals surface area contributed by atoms with Gasteiger partial charge < -0.3 is 15.4 Å². The van der Waals surface area contributed by atoms with Gasteiger partial charge in [0.2, 0.25) is 5.91 Å². The van der Waals surface area contributed by atoms with Crippen LogP contribution in [0.15, 0.2) is 29.6 Å². The predicted octanol–water partition coefficient (Wildman–Crippen LogP) is 4.35. The fourth-order valence-electron chi connectivity index (χ4n) is 3.04. The minimum atomic E-state index is 0. The number of hydrogen-bond donors (Lipinski definition) is 2. The summed E-state index contributed by atoms with van der Waals surface area (Å²) in [4.78, 5) is 16.7. The monoisotopic (exact) mass is 395 g/mol. The van der Waals surface area contributed by atoms with E-state index in [4.69, 9.17) is 4.74 Å². The molecule has 5 nitrogen and oxygen atoms in total. The molecule has 26 heavy (non-hydrogen) atoms. The van der Waals surface area contributed by atoms with Crippen molar-refractivity contribution in [1.29, 1.82) is 0 Å². The SMILES string of the molecule is CCOc1ccc(-c2csc(NC(=O)CCC3CCNCC3)n2)cc1.Cl. The molecule has 142 valence electrons. The van der Waals surface area contributed by atoms with Gasteiger partial charge in [0.05, 0.1) is 12.3 Å². The minimum Gasteiger partial charge on any atom is -0.494 e. The summed E-state index contributed by atoms with van der Waals surface area (Å²) in [5, 5.41) is 8.92. The van der Waals surface area contributed by atoms with Gasteiger partial charge in [-0.2, -0.15) is 0 Å². The van der Waals surface area contributed by atoms with E-state index >= 15 is 0 Å². The first-order valence-electron chi connectivity index (χ1n) is 8.94. The van der Waals surface area contributed by atoms with E-state index in [1.54, 1.807) is 0 Å². The van der Waals surface area contributed by atoms with Gasteiger partial charge >= 0.3 is 0 Å². The second kappa shape index (κ2) is 10.5. The van der Waals surface area contributed by atoms with Crippen LogP contribution in [0.5, 0.6) is 5.75 Å². The fraction of sp³-hybridized carbons (Fsp3) is 0.474.